The molecule has 0 bridgehead atoms. The fourth-order valence-electron chi connectivity index (χ4n) is 1.79. The first-order valence-electron chi connectivity index (χ1n) is 6.96. The lowest BCUT2D eigenvalue weighted by Gasteiger charge is -2.14. The number of hydrogen-bond donors (Lipinski definition) is 1. The van der Waals surface area contributed by atoms with Crippen LogP contribution in [0.15, 0.2) is 24.3 Å². The Bertz CT molecular complexity index is 602. The van der Waals surface area contributed by atoms with E-state index in [0.717, 1.165) is 11.3 Å². The van der Waals surface area contributed by atoms with Crippen molar-refractivity contribution in [3.63, 3.8) is 0 Å². The predicted molar refractivity (Wildman–Crippen MR) is 81.7 cm³/mol. The zero-order valence-electron chi connectivity index (χ0n) is 12.8. The molecule has 1 aromatic carbocycles. The van der Waals surface area contributed by atoms with Crippen LogP contribution in [-0.4, -0.2) is 34.7 Å². The average Bonchev–Trinajstić information content (AvgIpc) is 2.47. The molecule has 21 heavy (non-hydrogen) atoms. The number of rotatable bonds is 6. The van der Waals surface area contributed by atoms with E-state index in [1.165, 1.54) is 0 Å². The highest BCUT2D eigenvalue weighted by Crippen LogP contribution is 2.29. The molecular formula is C15H20N4O2. The molecule has 1 aromatic heterocycles. The van der Waals surface area contributed by atoms with Gasteiger partial charge in [-0.05, 0) is 32.9 Å². The molecule has 112 valence electrons. The second-order valence-corrected chi connectivity index (χ2v) is 4.61. The molecule has 2 aromatic rings. The van der Waals surface area contributed by atoms with Crippen LogP contribution in [0.4, 0.5) is 5.95 Å². The summed E-state index contributed by atoms with van der Waals surface area (Å²) in [7, 11) is 1.76. The standard InChI is InChI=1S/C15H20N4O2/c1-5-20-15-18-13(17-14(16-4)19-15)11-8-6-7-9-12(11)21-10(2)3/h6-10H,5H2,1-4H3,(H,16,17,18,19). The Balaban J connectivity index is 2.47. The fraction of sp³-hybridized carbons (Fsp3) is 0.400. The Morgan fingerprint density at radius 3 is 2.57 bits per heavy atom. The largest absolute Gasteiger partial charge is 0.490 e. The van der Waals surface area contributed by atoms with Gasteiger partial charge in [0.1, 0.15) is 5.75 Å². The van der Waals surface area contributed by atoms with Crippen molar-refractivity contribution in [1.82, 2.24) is 15.0 Å². The normalized spacial score (nSPS) is 10.5. The van der Waals surface area contributed by atoms with Gasteiger partial charge in [0.25, 0.3) is 0 Å². The van der Waals surface area contributed by atoms with Crippen LogP contribution in [-0.2, 0) is 0 Å². The number of hydrogen-bond acceptors (Lipinski definition) is 6. The number of aromatic nitrogens is 3. The third-order valence-corrected chi connectivity index (χ3v) is 2.60. The van der Waals surface area contributed by atoms with E-state index >= 15 is 0 Å². The van der Waals surface area contributed by atoms with E-state index < -0.39 is 0 Å². The Labute approximate surface area is 124 Å². The summed E-state index contributed by atoms with van der Waals surface area (Å²) >= 11 is 0. The van der Waals surface area contributed by atoms with Crippen LogP contribution >= 0.6 is 0 Å². The van der Waals surface area contributed by atoms with Crippen LogP contribution in [0.1, 0.15) is 20.8 Å². The van der Waals surface area contributed by atoms with E-state index in [0.29, 0.717) is 24.4 Å². The van der Waals surface area contributed by atoms with Gasteiger partial charge in [0.05, 0.1) is 18.3 Å². The lowest BCUT2D eigenvalue weighted by Crippen LogP contribution is -2.08. The summed E-state index contributed by atoms with van der Waals surface area (Å²) in [6.07, 6.45) is 0.0723. The molecule has 0 saturated carbocycles. The van der Waals surface area contributed by atoms with Gasteiger partial charge >= 0.3 is 6.01 Å². The lowest BCUT2D eigenvalue weighted by atomic mass is 10.2. The van der Waals surface area contributed by atoms with Crippen molar-refractivity contribution in [3.05, 3.63) is 24.3 Å². The number of anilines is 1. The Hall–Kier alpha value is -2.37. The van der Waals surface area contributed by atoms with E-state index in [2.05, 4.69) is 20.3 Å². The van der Waals surface area contributed by atoms with Gasteiger partial charge in [-0.2, -0.15) is 15.0 Å². The monoisotopic (exact) mass is 288 g/mol. The number of nitrogens with one attached hydrogen (secondary N) is 1. The molecule has 0 fully saturated rings. The van der Waals surface area contributed by atoms with E-state index in [-0.39, 0.29) is 6.10 Å². The summed E-state index contributed by atoms with van der Waals surface area (Å²) < 4.78 is 11.2. The predicted octanol–water partition coefficient (Wildman–Crippen LogP) is 2.77. The lowest BCUT2D eigenvalue weighted by molar-refractivity contribution is 0.243. The van der Waals surface area contributed by atoms with Crippen LogP contribution in [0.5, 0.6) is 11.8 Å². The number of benzene rings is 1. The minimum atomic E-state index is 0.0723. The van der Waals surface area contributed by atoms with Crippen molar-refractivity contribution < 1.29 is 9.47 Å². The third kappa shape index (κ3) is 3.81. The summed E-state index contributed by atoms with van der Waals surface area (Å²) in [5, 5.41) is 2.91. The second-order valence-electron chi connectivity index (χ2n) is 4.61. The summed E-state index contributed by atoms with van der Waals surface area (Å²) in [4.78, 5) is 12.9. The van der Waals surface area contributed by atoms with Crippen LogP contribution in [0, 0.1) is 0 Å². The van der Waals surface area contributed by atoms with E-state index in [1.54, 1.807) is 7.05 Å². The van der Waals surface area contributed by atoms with Gasteiger partial charge in [0, 0.05) is 7.05 Å². The highest BCUT2D eigenvalue weighted by molar-refractivity contribution is 5.65. The summed E-state index contributed by atoms with van der Waals surface area (Å²) in [5.41, 5.74) is 0.811. The second kappa shape index (κ2) is 6.88. The van der Waals surface area contributed by atoms with Gasteiger partial charge < -0.3 is 14.8 Å². The molecule has 0 amide bonds. The first-order valence-corrected chi connectivity index (χ1v) is 6.96. The smallest absolute Gasteiger partial charge is 0.321 e. The van der Waals surface area contributed by atoms with Crippen LogP contribution in [0.2, 0.25) is 0 Å². The van der Waals surface area contributed by atoms with Gasteiger partial charge in [0.15, 0.2) is 5.82 Å². The van der Waals surface area contributed by atoms with Crippen molar-refractivity contribution in [2.75, 3.05) is 19.0 Å². The first-order chi connectivity index (χ1) is 10.1. The number of para-hydroxylation sites is 1. The third-order valence-electron chi connectivity index (χ3n) is 2.60. The highest BCUT2D eigenvalue weighted by Gasteiger charge is 2.13. The molecule has 0 atom stereocenters. The van der Waals surface area contributed by atoms with Crippen LogP contribution in [0.25, 0.3) is 11.4 Å². The van der Waals surface area contributed by atoms with Gasteiger partial charge in [-0.3, -0.25) is 0 Å². The van der Waals surface area contributed by atoms with Crippen molar-refractivity contribution >= 4 is 5.95 Å². The molecule has 1 N–H and O–H groups in total. The van der Waals surface area contributed by atoms with Gasteiger partial charge in [-0.25, -0.2) is 0 Å². The molecule has 1 heterocycles. The SMILES string of the molecule is CCOc1nc(NC)nc(-c2ccccc2OC(C)C)n1. The molecule has 0 aliphatic heterocycles. The minimum absolute atomic E-state index is 0.0723. The Morgan fingerprint density at radius 1 is 1.14 bits per heavy atom. The maximum Gasteiger partial charge on any atom is 0.321 e. The van der Waals surface area contributed by atoms with Crippen molar-refractivity contribution in [1.29, 1.82) is 0 Å². The topological polar surface area (TPSA) is 69.2 Å². The van der Waals surface area contributed by atoms with Crippen LogP contribution < -0.4 is 14.8 Å². The van der Waals surface area contributed by atoms with Crippen molar-refractivity contribution in [3.8, 4) is 23.1 Å². The molecule has 0 radical (unpaired) electrons. The maximum atomic E-state index is 5.81. The average molecular weight is 288 g/mol. The van der Waals surface area contributed by atoms with E-state index in [4.69, 9.17) is 9.47 Å². The van der Waals surface area contributed by atoms with Gasteiger partial charge in [-0.1, -0.05) is 12.1 Å². The first kappa shape index (κ1) is 15.0. The minimum Gasteiger partial charge on any atom is -0.490 e. The Kier molecular flexibility index (Phi) is 4.92. The van der Waals surface area contributed by atoms with Gasteiger partial charge in [0.2, 0.25) is 5.95 Å². The van der Waals surface area contributed by atoms with Crippen molar-refractivity contribution in [2.45, 2.75) is 26.9 Å². The molecule has 0 aliphatic carbocycles. The molecule has 2 rings (SSSR count). The zero-order valence-corrected chi connectivity index (χ0v) is 12.8. The van der Waals surface area contributed by atoms with E-state index in [9.17, 15) is 0 Å². The molecule has 6 nitrogen and oxygen atoms in total. The fourth-order valence-corrected chi connectivity index (χ4v) is 1.79. The molecule has 0 spiro atoms. The molecule has 6 heteroatoms. The molecule has 0 saturated heterocycles. The Morgan fingerprint density at radius 2 is 1.90 bits per heavy atom. The maximum absolute atomic E-state index is 5.81. The zero-order chi connectivity index (χ0) is 15.2. The molecule has 0 unspecified atom stereocenters. The number of ether oxygens (including phenoxy) is 2. The van der Waals surface area contributed by atoms with Gasteiger partial charge in [-0.15, -0.1) is 0 Å². The summed E-state index contributed by atoms with van der Waals surface area (Å²) in [6.45, 7) is 6.35. The quantitative estimate of drug-likeness (QED) is 0.881. The number of nitrogens with zero attached hydrogens (tertiary/aromatic N) is 3. The van der Waals surface area contributed by atoms with E-state index in [1.807, 2.05) is 45.0 Å². The molecular weight excluding hydrogens is 268 g/mol. The summed E-state index contributed by atoms with van der Waals surface area (Å²) in [6, 6.07) is 7.96. The molecule has 0 aliphatic rings. The van der Waals surface area contributed by atoms with Crippen molar-refractivity contribution in [2.24, 2.45) is 0 Å². The highest BCUT2D eigenvalue weighted by atomic mass is 16.5. The summed E-state index contributed by atoms with van der Waals surface area (Å²) in [5.74, 6) is 1.72. The van der Waals surface area contributed by atoms with Crippen LogP contribution in [0.3, 0.4) is 0 Å².